The van der Waals surface area contributed by atoms with E-state index in [1.807, 2.05) is 5.32 Å². The van der Waals surface area contributed by atoms with Crippen LogP contribution in [-0.4, -0.2) is 36.0 Å². The Morgan fingerprint density at radius 3 is 2.21 bits per heavy atom. The number of hydrogen-bond donors (Lipinski definition) is 1. The number of nitrogens with zero attached hydrogens (tertiary/aromatic N) is 1. The molecule has 0 spiro atoms. The van der Waals surface area contributed by atoms with E-state index in [0.717, 1.165) is 12.1 Å². The van der Waals surface area contributed by atoms with Crippen LogP contribution in [0.4, 0.5) is 26.3 Å². The highest BCUT2D eigenvalue weighted by atomic mass is 35.5. The molecule has 1 aliphatic heterocycles. The summed E-state index contributed by atoms with van der Waals surface area (Å²) in [5.41, 5.74) is -2.30. The van der Waals surface area contributed by atoms with E-state index in [1.165, 1.54) is 18.2 Å². The second-order valence-corrected chi connectivity index (χ2v) is 9.40. The minimum Gasteiger partial charge on any atom is -0.377 e. The monoisotopic (exact) mass is 576 g/mol. The third-order valence-corrected chi connectivity index (χ3v) is 6.64. The molecule has 1 unspecified atom stereocenters. The molecular formula is C25H16Cl2F6N2O3. The smallest absolute Gasteiger partial charge is 0.377 e. The first-order valence-electron chi connectivity index (χ1n) is 10.8. The van der Waals surface area contributed by atoms with Crippen molar-refractivity contribution >= 4 is 51.4 Å². The summed E-state index contributed by atoms with van der Waals surface area (Å²) in [5.74, 6) is -7.60. The van der Waals surface area contributed by atoms with E-state index in [1.54, 1.807) is 18.2 Å². The van der Waals surface area contributed by atoms with Crippen LogP contribution in [0, 0.1) is 5.82 Å². The summed E-state index contributed by atoms with van der Waals surface area (Å²) in [6.07, 6.45) is -5.60. The van der Waals surface area contributed by atoms with Crippen molar-refractivity contribution in [3.63, 3.8) is 0 Å². The van der Waals surface area contributed by atoms with E-state index in [9.17, 15) is 27.2 Å². The number of benzene rings is 3. The van der Waals surface area contributed by atoms with E-state index >= 15 is 8.78 Å². The fourth-order valence-electron chi connectivity index (χ4n) is 4.11. The van der Waals surface area contributed by atoms with Gasteiger partial charge in [-0.1, -0.05) is 58.7 Å². The quantitative estimate of drug-likeness (QED) is 0.258. The van der Waals surface area contributed by atoms with E-state index < -0.39 is 58.2 Å². The third-order valence-electron chi connectivity index (χ3n) is 6.09. The van der Waals surface area contributed by atoms with Gasteiger partial charge in [0.2, 0.25) is 5.60 Å². The van der Waals surface area contributed by atoms with Crippen LogP contribution in [0.3, 0.4) is 0 Å². The summed E-state index contributed by atoms with van der Waals surface area (Å²) < 4.78 is 81.5. The molecule has 0 aliphatic carbocycles. The molecule has 0 fully saturated rings. The van der Waals surface area contributed by atoms with Gasteiger partial charge in [0, 0.05) is 30.0 Å². The van der Waals surface area contributed by atoms with Crippen molar-refractivity contribution < 1.29 is 40.8 Å². The Labute approximate surface area is 221 Å². The highest BCUT2D eigenvalue weighted by molar-refractivity contribution is 6.35. The Balaban J connectivity index is 1.71. The van der Waals surface area contributed by atoms with Crippen LogP contribution in [0.1, 0.15) is 34.8 Å². The topological polar surface area (TPSA) is 67.8 Å². The molecule has 1 amide bonds. The van der Waals surface area contributed by atoms with Gasteiger partial charge in [0.15, 0.2) is 5.82 Å². The molecule has 0 saturated heterocycles. The van der Waals surface area contributed by atoms with Gasteiger partial charge in [-0.15, -0.1) is 0 Å². The van der Waals surface area contributed by atoms with Gasteiger partial charge < -0.3 is 10.2 Å². The summed E-state index contributed by atoms with van der Waals surface area (Å²) in [7, 11) is 0. The fraction of sp³-hybridized carbons (Fsp3) is 0.240. The Morgan fingerprint density at radius 1 is 1.03 bits per heavy atom. The maximum Gasteiger partial charge on any atom is 0.451 e. The Morgan fingerprint density at radius 2 is 1.63 bits per heavy atom. The van der Waals surface area contributed by atoms with Crippen LogP contribution in [0.25, 0.3) is 10.8 Å². The molecule has 4 rings (SSSR count). The maximum absolute atomic E-state index is 15.0. The standard InChI is InChI=1S/C25H16Cl2F6N2O3/c1-23(29,30)24(12-8-17(26)21(28)18(27)9-12)10-19(35-38-24)15-6-7-16(14-5-3-2-4-13(14)15)22(37)34-11-20(36)25(31,32)33/h2-9H,10-11H2,1H3,(H,34,37). The van der Waals surface area contributed by atoms with Gasteiger partial charge in [-0.05, 0) is 29.0 Å². The van der Waals surface area contributed by atoms with Crippen molar-refractivity contribution in [1.29, 1.82) is 0 Å². The van der Waals surface area contributed by atoms with E-state index in [4.69, 9.17) is 28.0 Å². The van der Waals surface area contributed by atoms with Crippen molar-refractivity contribution in [2.24, 2.45) is 5.16 Å². The predicted octanol–water partition coefficient (Wildman–Crippen LogP) is 6.82. The minimum absolute atomic E-state index is 0.0528. The molecule has 1 heterocycles. The molecule has 0 aromatic heterocycles. The van der Waals surface area contributed by atoms with Crippen molar-refractivity contribution in [2.45, 2.75) is 31.0 Å². The number of nitrogens with one attached hydrogen (secondary N) is 1. The highest BCUT2D eigenvalue weighted by Crippen LogP contribution is 2.49. The number of carbonyl (C=O) groups is 2. The summed E-state index contributed by atoms with van der Waals surface area (Å²) in [4.78, 5) is 29.0. The van der Waals surface area contributed by atoms with Gasteiger partial charge in [-0.25, -0.2) is 13.2 Å². The van der Waals surface area contributed by atoms with Crippen LogP contribution in [0.15, 0.2) is 53.7 Å². The Bertz CT molecular complexity index is 1460. The maximum atomic E-state index is 15.0. The summed E-state index contributed by atoms with van der Waals surface area (Å²) >= 11 is 11.7. The average molecular weight is 577 g/mol. The number of halogens is 8. The molecule has 3 aromatic carbocycles. The van der Waals surface area contributed by atoms with E-state index in [0.29, 0.717) is 17.9 Å². The zero-order chi connectivity index (χ0) is 28.0. The van der Waals surface area contributed by atoms with Crippen LogP contribution in [-0.2, 0) is 15.2 Å². The van der Waals surface area contributed by atoms with Crippen molar-refractivity contribution in [3.8, 4) is 0 Å². The molecule has 1 atom stereocenters. The van der Waals surface area contributed by atoms with Gasteiger partial charge in [0.1, 0.15) is 0 Å². The fourth-order valence-corrected chi connectivity index (χ4v) is 4.60. The van der Waals surface area contributed by atoms with Gasteiger partial charge in [0.05, 0.1) is 22.3 Å². The lowest BCUT2D eigenvalue weighted by Gasteiger charge is -2.33. The zero-order valence-electron chi connectivity index (χ0n) is 19.2. The average Bonchev–Trinajstić information content (AvgIpc) is 3.31. The SMILES string of the molecule is CC(F)(F)C1(c2cc(Cl)c(F)c(Cl)c2)CC(c2ccc(C(=O)NCC(=O)C(F)(F)F)c3ccccc23)=NO1. The zero-order valence-corrected chi connectivity index (χ0v) is 20.7. The number of oxime groups is 1. The van der Waals surface area contributed by atoms with E-state index in [-0.39, 0.29) is 22.2 Å². The molecule has 38 heavy (non-hydrogen) atoms. The van der Waals surface area contributed by atoms with Gasteiger partial charge in [0.25, 0.3) is 17.6 Å². The predicted molar refractivity (Wildman–Crippen MR) is 128 cm³/mol. The summed E-state index contributed by atoms with van der Waals surface area (Å²) in [5, 5.41) is 5.46. The molecule has 5 nitrogen and oxygen atoms in total. The van der Waals surface area contributed by atoms with E-state index in [2.05, 4.69) is 5.16 Å². The van der Waals surface area contributed by atoms with Crippen molar-refractivity contribution in [1.82, 2.24) is 5.32 Å². The Kier molecular flexibility index (Phi) is 7.13. The molecule has 3 aromatic rings. The first kappa shape index (κ1) is 27.7. The lowest BCUT2D eigenvalue weighted by Crippen LogP contribution is -2.43. The molecule has 200 valence electrons. The summed E-state index contributed by atoms with van der Waals surface area (Å²) in [6.45, 7) is -0.653. The molecular weight excluding hydrogens is 561 g/mol. The first-order valence-corrected chi connectivity index (χ1v) is 11.6. The molecule has 1 N–H and O–H groups in total. The van der Waals surface area contributed by atoms with Crippen LogP contribution in [0.5, 0.6) is 0 Å². The molecule has 13 heteroatoms. The van der Waals surface area contributed by atoms with Crippen LogP contribution >= 0.6 is 23.2 Å². The highest BCUT2D eigenvalue weighted by Gasteiger charge is 2.58. The third kappa shape index (κ3) is 4.92. The number of fused-ring (bicyclic) bond motifs is 1. The number of ketones is 1. The van der Waals surface area contributed by atoms with Crippen LogP contribution in [0.2, 0.25) is 10.0 Å². The minimum atomic E-state index is -5.10. The van der Waals surface area contributed by atoms with Crippen molar-refractivity contribution in [2.75, 3.05) is 6.54 Å². The van der Waals surface area contributed by atoms with Gasteiger partial charge in [-0.3, -0.25) is 9.59 Å². The second-order valence-electron chi connectivity index (χ2n) is 8.59. The lowest BCUT2D eigenvalue weighted by molar-refractivity contribution is -0.193. The number of alkyl halides is 5. The number of hydrogen-bond acceptors (Lipinski definition) is 4. The first-order chi connectivity index (χ1) is 17.7. The largest absolute Gasteiger partial charge is 0.451 e. The van der Waals surface area contributed by atoms with Gasteiger partial charge in [-0.2, -0.15) is 13.2 Å². The number of amides is 1. The van der Waals surface area contributed by atoms with Crippen LogP contribution < -0.4 is 5.32 Å². The number of Topliss-reactive ketones (excluding diaryl/α,β-unsaturated/α-hetero) is 1. The molecule has 1 aliphatic rings. The molecule has 0 saturated carbocycles. The molecule has 0 bridgehead atoms. The number of rotatable bonds is 6. The second kappa shape index (κ2) is 9.77. The number of carbonyl (C=O) groups excluding carboxylic acids is 2. The molecule has 0 radical (unpaired) electrons. The summed E-state index contributed by atoms with van der Waals surface area (Å²) in [6, 6.07) is 10.8. The van der Waals surface area contributed by atoms with Gasteiger partial charge >= 0.3 is 6.18 Å². The normalized spacial score (nSPS) is 17.8. The Hall–Kier alpha value is -3.31. The lowest BCUT2D eigenvalue weighted by atomic mass is 9.81. The van der Waals surface area contributed by atoms with Crippen molar-refractivity contribution in [3.05, 3.63) is 81.1 Å².